The van der Waals surface area contributed by atoms with Crippen molar-refractivity contribution in [3.8, 4) is 28.4 Å². The van der Waals surface area contributed by atoms with Gasteiger partial charge in [0.25, 0.3) is 0 Å². The second-order valence-electron chi connectivity index (χ2n) is 21.2. The van der Waals surface area contributed by atoms with E-state index in [1.165, 1.54) is 39.0 Å². The summed E-state index contributed by atoms with van der Waals surface area (Å²) in [5.74, 6) is 2.43. The number of allylic oxidation sites excluding steroid dienone is 1. The summed E-state index contributed by atoms with van der Waals surface area (Å²) in [5.41, 5.74) is 12.7. The molecule has 0 unspecified atom stereocenters. The molecule has 1 aliphatic heterocycles. The van der Waals surface area contributed by atoms with E-state index in [0.717, 1.165) is 50.6 Å². The molecule has 324 valence electrons. The summed E-state index contributed by atoms with van der Waals surface area (Å²) in [6.45, 7) is 25.8. The first-order chi connectivity index (χ1) is 30.3. The lowest BCUT2D eigenvalue weighted by Gasteiger charge is -2.31. The van der Waals surface area contributed by atoms with Gasteiger partial charge in [-0.1, -0.05) is 155 Å². The fraction of sp³-hybridized carbons (Fsp3) is 0.271. The van der Waals surface area contributed by atoms with Crippen LogP contribution >= 0.6 is 0 Å². The van der Waals surface area contributed by atoms with E-state index in [1.54, 1.807) is 0 Å². The molecule has 6 aromatic carbocycles. The van der Waals surface area contributed by atoms with E-state index in [1.807, 2.05) is 6.20 Å². The quantitative estimate of drug-likeness (QED) is 0.153. The fourth-order valence-corrected chi connectivity index (χ4v) is 9.07. The largest absolute Gasteiger partial charge is 0.457 e. The van der Waals surface area contributed by atoms with Crippen molar-refractivity contribution in [1.82, 2.24) is 9.55 Å². The van der Waals surface area contributed by atoms with E-state index < -0.39 is 0 Å². The van der Waals surface area contributed by atoms with Gasteiger partial charge in [0, 0.05) is 63.2 Å². The smallest absolute Gasteiger partial charge is 0.137 e. The highest BCUT2D eigenvalue weighted by Crippen LogP contribution is 2.44. The van der Waals surface area contributed by atoms with Crippen molar-refractivity contribution in [2.75, 3.05) is 16.5 Å². The normalized spacial score (nSPS) is 13.8. The number of anilines is 2. The first kappa shape index (κ1) is 42.7. The van der Waals surface area contributed by atoms with E-state index in [0.29, 0.717) is 6.67 Å². The van der Waals surface area contributed by atoms with Gasteiger partial charge < -0.3 is 14.5 Å². The average Bonchev–Trinajstić information content (AvgIpc) is 3.87. The Labute approximate surface area is 380 Å². The maximum atomic E-state index is 7.04. The standard InChI is InChI=1S/C59H62N4O/c1-56(2,3)43-23-18-24-46(33-43)61-38-54(58(7,8)9)62(39-61)47-31-41(40-19-14-12-15-20-40)32-49(36-47)64-48-26-27-50-51-34-45(59(10,11)42-21-16-13-17-22-42)25-28-52(51)63(53(50)37-48)55-35-44(29-30-60-55)57(4,5)6/h12-38H,39H2,1-11H3. The molecule has 0 N–H and O–H groups in total. The van der Waals surface area contributed by atoms with Gasteiger partial charge in [-0.25, -0.2) is 4.98 Å². The second-order valence-corrected chi connectivity index (χ2v) is 21.2. The number of nitrogens with zero attached hydrogens (tertiary/aromatic N) is 4. The molecule has 9 rings (SSSR count). The van der Waals surface area contributed by atoms with Crippen molar-refractivity contribution >= 4 is 33.2 Å². The van der Waals surface area contributed by atoms with Crippen LogP contribution in [0.5, 0.6) is 11.5 Å². The van der Waals surface area contributed by atoms with Crippen LogP contribution in [0.1, 0.15) is 98.4 Å². The Morgan fingerprint density at radius 1 is 0.469 bits per heavy atom. The highest BCUT2D eigenvalue weighted by Gasteiger charge is 2.33. The zero-order chi connectivity index (χ0) is 45.2. The van der Waals surface area contributed by atoms with Crippen LogP contribution in [0.2, 0.25) is 0 Å². The molecule has 0 aliphatic carbocycles. The summed E-state index contributed by atoms with van der Waals surface area (Å²) >= 11 is 0. The van der Waals surface area contributed by atoms with Gasteiger partial charge in [0.05, 0.1) is 17.7 Å². The van der Waals surface area contributed by atoms with Gasteiger partial charge in [0.2, 0.25) is 0 Å². The molecular formula is C59H62N4O. The molecule has 0 amide bonds. The van der Waals surface area contributed by atoms with Crippen LogP contribution in [-0.4, -0.2) is 16.2 Å². The van der Waals surface area contributed by atoms with Crippen molar-refractivity contribution in [3.63, 3.8) is 0 Å². The maximum Gasteiger partial charge on any atom is 0.137 e. The molecule has 0 bridgehead atoms. The Hall–Kier alpha value is -6.59. The monoisotopic (exact) mass is 842 g/mol. The topological polar surface area (TPSA) is 33.5 Å². The fourth-order valence-electron chi connectivity index (χ4n) is 9.07. The van der Waals surface area contributed by atoms with Crippen LogP contribution in [0.4, 0.5) is 11.4 Å². The van der Waals surface area contributed by atoms with Crippen LogP contribution in [-0.2, 0) is 16.2 Å². The number of fused-ring (bicyclic) bond motifs is 3. The third kappa shape index (κ3) is 8.20. The number of aromatic nitrogens is 2. The maximum absolute atomic E-state index is 7.04. The molecule has 2 aromatic heterocycles. The first-order valence-corrected chi connectivity index (χ1v) is 22.7. The van der Waals surface area contributed by atoms with Crippen molar-refractivity contribution in [1.29, 1.82) is 0 Å². The predicted molar refractivity (Wildman–Crippen MR) is 270 cm³/mol. The van der Waals surface area contributed by atoms with Crippen molar-refractivity contribution < 1.29 is 4.74 Å². The van der Waals surface area contributed by atoms with Gasteiger partial charge >= 0.3 is 0 Å². The van der Waals surface area contributed by atoms with Gasteiger partial charge in [-0.2, -0.15) is 0 Å². The van der Waals surface area contributed by atoms with Crippen LogP contribution < -0.4 is 14.5 Å². The SMILES string of the molecule is CC(C)(C)C1=CN(c2cccc(C(C)(C)C)c2)CN1c1cc(Oc2ccc3c4cc(C(C)(C)c5ccccc5)ccc4n(-c4cc(C(C)(C)C)ccn4)c3c2)cc(-c2ccccc2)c1. The van der Waals surface area contributed by atoms with Crippen molar-refractivity contribution in [3.05, 3.63) is 192 Å². The molecule has 5 nitrogen and oxygen atoms in total. The average molecular weight is 843 g/mol. The number of pyridine rings is 1. The molecule has 0 radical (unpaired) electrons. The molecule has 64 heavy (non-hydrogen) atoms. The molecule has 0 saturated carbocycles. The van der Waals surface area contributed by atoms with Crippen LogP contribution in [0, 0.1) is 5.41 Å². The van der Waals surface area contributed by atoms with Crippen molar-refractivity contribution in [2.45, 2.75) is 92.4 Å². The summed E-state index contributed by atoms with van der Waals surface area (Å²) in [6, 6.07) is 54.9. The van der Waals surface area contributed by atoms with Crippen LogP contribution in [0.15, 0.2) is 170 Å². The zero-order valence-electron chi connectivity index (χ0n) is 39.5. The summed E-state index contributed by atoms with van der Waals surface area (Å²) in [5, 5.41) is 2.34. The Bertz CT molecular complexity index is 3030. The molecule has 0 spiro atoms. The predicted octanol–water partition coefficient (Wildman–Crippen LogP) is 15.7. The van der Waals surface area contributed by atoms with Gasteiger partial charge in [-0.15, -0.1) is 0 Å². The molecule has 3 heterocycles. The molecular weight excluding hydrogens is 781 g/mol. The number of rotatable bonds is 8. The third-order valence-corrected chi connectivity index (χ3v) is 13.0. The highest BCUT2D eigenvalue weighted by molar-refractivity contribution is 6.10. The van der Waals surface area contributed by atoms with E-state index >= 15 is 0 Å². The van der Waals surface area contributed by atoms with E-state index in [-0.39, 0.29) is 21.7 Å². The molecule has 1 aliphatic rings. The van der Waals surface area contributed by atoms with Crippen LogP contribution in [0.3, 0.4) is 0 Å². The van der Waals surface area contributed by atoms with E-state index in [2.05, 4.69) is 248 Å². The van der Waals surface area contributed by atoms with Gasteiger partial charge in [0.15, 0.2) is 0 Å². The lowest BCUT2D eigenvalue weighted by Crippen LogP contribution is -2.30. The number of hydrogen-bond donors (Lipinski definition) is 0. The third-order valence-electron chi connectivity index (χ3n) is 13.0. The summed E-state index contributed by atoms with van der Waals surface area (Å²) in [7, 11) is 0. The second kappa shape index (κ2) is 15.9. The summed E-state index contributed by atoms with van der Waals surface area (Å²) in [6.07, 6.45) is 4.28. The molecule has 0 fully saturated rings. The lowest BCUT2D eigenvalue weighted by atomic mass is 9.78. The molecule has 0 saturated heterocycles. The first-order valence-electron chi connectivity index (χ1n) is 22.7. The Balaban J connectivity index is 1.17. The Kier molecular flexibility index (Phi) is 10.6. The Morgan fingerprint density at radius 2 is 1.16 bits per heavy atom. The molecule has 0 atom stereocenters. The minimum atomic E-state index is -0.191. The van der Waals surface area contributed by atoms with Gasteiger partial charge in [-0.3, -0.25) is 4.57 Å². The minimum Gasteiger partial charge on any atom is -0.457 e. The highest BCUT2D eigenvalue weighted by atomic mass is 16.5. The minimum absolute atomic E-state index is 0.0377. The molecule has 8 aromatic rings. The number of ether oxygens (including phenoxy) is 1. The van der Waals surface area contributed by atoms with Gasteiger partial charge in [-0.05, 0) is 105 Å². The van der Waals surface area contributed by atoms with E-state index in [4.69, 9.17) is 9.72 Å². The van der Waals surface area contributed by atoms with E-state index in [9.17, 15) is 0 Å². The molecule has 5 heteroatoms. The Morgan fingerprint density at radius 3 is 1.86 bits per heavy atom. The summed E-state index contributed by atoms with van der Waals surface area (Å²) < 4.78 is 9.35. The summed E-state index contributed by atoms with van der Waals surface area (Å²) in [4.78, 5) is 9.84. The number of hydrogen-bond acceptors (Lipinski definition) is 4. The van der Waals surface area contributed by atoms with Crippen molar-refractivity contribution in [2.24, 2.45) is 5.41 Å². The lowest BCUT2D eigenvalue weighted by molar-refractivity contribution is 0.481. The number of benzene rings is 6. The van der Waals surface area contributed by atoms with Gasteiger partial charge in [0.1, 0.15) is 17.3 Å². The zero-order valence-corrected chi connectivity index (χ0v) is 39.5. The van der Waals surface area contributed by atoms with Crippen LogP contribution in [0.25, 0.3) is 38.8 Å².